The maximum absolute atomic E-state index is 16.1. The lowest BCUT2D eigenvalue weighted by Crippen LogP contribution is -2.43. The van der Waals surface area contributed by atoms with Crippen LogP contribution in [-0.4, -0.2) is 18.4 Å². The zero-order valence-corrected chi connectivity index (χ0v) is 27.7. The largest absolute Gasteiger partial charge is 0.367 e. The van der Waals surface area contributed by atoms with Gasteiger partial charge in [-0.3, -0.25) is 0 Å². The van der Waals surface area contributed by atoms with Gasteiger partial charge in [0.05, 0.1) is 0 Å². The first-order valence-electron chi connectivity index (χ1n) is 17.7. The van der Waals surface area contributed by atoms with E-state index in [0.29, 0.717) is 24.2 Å². The van der Waals surface area contributed by atoms with Gasteiger partial charge in [0, 0.05) is 12.2 Å². The van der Waals surface area contributed by atoms with Gasteiger partial charge in [0.25, 0.3) is 0 Å². The van der Waals surface area contributed by atoms with E-state index < -0.39 is 17.6 Å². The second-order valence-electron chi connectivity index (χ2n) is 12.8. The molecule has 45 heavy (non-hydrogen) atoms. The number of hydrogen-bond donors (Lipinski definition) is 0. The van der Waals surface area contributed by atoms with Gasteiger partial charge in [0.1, 0.15) is 11.4 Å². The molecule has 3 heteroatoms. The molecule has 0 radical (unpaired) electrons. The van der Waals surface area contributed by atoms with Gasteiger partial charge in [0.15, 0.2) is 6.17 Å². The lowest BCUT2D eigenvalue weighted by Gasteiger charge is -2.36. The standard InChI is InChI=1S/C42H54F2O/c1-3-5-7-9-10-11-12-13-14-18-31-42(45-33-19-8-6-4-2)32-30-39(40(43)41(42)44)38-28-26-37(27-29-38)36-24-22-35(23-25-36)34-20-16-15-17-21-34/h15-17,20-30,32,41H,3-14,18-19,31,33H2,1-2H3. The maximum Gasteiger partial charge on any atom is 0.184 e. The van der Waals surface area contributed by atoms with Crippen molar-refractivity contribution >= 4 is 5.57 Å². The molecule has 0 amide bonds. The van der Waals surface area contributed by atoms with Crippen molar-refractivity contribution in [2.75, 3.05) is 6.61 Å². The zero-order chi connectivity index (χ0) is 31.7. The molecule has 0 N–H and O–H groups in total. The monoisotopic (exact) mass is 612 g/mol. The first-order chi connectivity index (χ1) is 22.1. The molecular weight excluding hydrogens is 558 g/mol. The van der Waals surface area contributed by atoms with E-state index in [-0.39, 0.29) is 0 Å². The molecule has 3 aromatic carbocycles. The highest BCUT2D eigenvalue weighted by molar-refractivity contribution is 5.80. The fourth-order valence-corrected chi connectivity index (χ4v) is 6.38. The minimum atomic E-state index is -1.80. The van der Waals surface area contributed by atoms with Crippen LogP contribution in [0.2, 0.25) is 0 Å². The molecule has 4 rings (SSSR count). The Morgan fingerprint density at radius 3 is 1.53 bits per heavy atom. The Labute approximate surface area is 271 Å². The molecule has 0 aliphatic heterocycles. The average molecular weight is 613 g/mol. The summed E-state index contributed by atoms with van der Waals surface area (Å²) < 4.78 is 38.2. The van der Waals surface area contributed by atoms with Gasteiger partial charge in [0.2, 0.25) is 0 Å². The van der Waals surface area contributed by atoms with Gasteiger partial charge in [-0.2, -0.15) is 0 Å². The van der Waals surface area contributed by atoms with E-state index in [2.05, 4.69) is 50.2 Å². The van der Waals surface area contributed by atoms with Crippen LogP contribution in [0.15, 0.2) is 96.8 Å². The van der Waals surface area contributed by atoms with Crippen LogP contribution in [0.25, 0.3) is 27.8 Å². The molecule has 0 bridgehead atoms. The molecule has 0 saturated carbocycles. The van der Waals surface area contributed by atoms with Crippen molar-refractivity contribution in [2.45, 2.75) is 122 Å². The van der Waals surface area contributed by atoms with Gasteiger partial charge >= 0.3 is 0 Å². The molecule has 0 aromatic heterocycles. The van der Waals surface area contributed by atoms with Gasteiger partial charge in [-0.1, -0.05) is 182 Å². The van der Waals surface area contributed by atoms with Crippen molar-refractivity contribution in [3.8, 4) is 22.3 Å². The Morgan fingerprint density at radius 2 is 1.00 bits per heavy atom. The van der Waals surface area contributed by atoms with E-state index in [1.807, 2.05) is 48.5 Å². The predicted octanol–water partition coefficient (Wildman–Crippen LogP) is 13.3. The average Bonchev–Trinajstić information content (AvgIpc) is 3.08. The summed E-state index contributed by atoms with van der Waals surface area (Å²) in [6.45, 7) is 4.88. The lowest BCUT2D eigenvalue weighted by molar-refractivity contribution is -0.0651. The van der Waals surface area contributed by atoms with Crippen LogP contribution in [0, 0.1) is 0 Å². The van der Waals surface area contributed by atoms with Crippen molar-refractivity contribution in [3.63, 3.8) is 0 Å². The number of halogens is 2. The topological polar surface area (TPSA) is 9.23 Å². The minimum absolute atomic E-state index is 0.321. The van der Waals surface area contributed by atoms with E-state index in [0.717, 1.165) is 56.1 Å². The summed E-state index contributed by atoms with van der Waals surface area (Å²) >= 11 is 0. The Kier molecular flexibility index (Phi) is 14.6. The van der Waals surface area contributed by atoms with Gasteiger partial charge in [-0.25, -0.2) is 8.78 Å². The molecule has 0 heterocycles. The van der Waals surface area contributed by atoms with E-state index in [1.165, 1.54) is 56.1 Å². The number of hydrogen-bond acceptors (Lipinski definition) is 1. The van der Waals surface area contributed by atoms with E-state index >= 15 is 8.78 Å². The highest BCUT2D eigenvalue weighted by atomic mass is 19.2. The van der Waals surface area contributed by atoms with Crippen LogP contribution >= 0.6 is 0 Å². The number of ether oxygens (including phenoxy) is 1. The number of unbranched alkanes of at least 4 members (excludes halogenated alkanes) is 12. The highest BCUT2D eigenvalue weighted by Gasteiger charge is 2.44. The van der Waals surface area contributed by atoms with E-state index in [1.54, 1.807) is 6.08 Å². The van der Waals surface area contributed by atoms with E-state index in [9.17, 15) is 0 Å². The maximum atomic E-state index is 16.1. The first kappa shape index (κ1) is 34.8. The molecule has 1 nitrogen and oxygen atoms in total. The molecule has 0 fully saturated rings. The lowest BCUT2D eigenvalue weighted by atomic mass is 9.82. The van der Waals surface area contributed by atoms with Crippen LogP contribution in [-0.2, 0) is 4.74 Å². The predicted molar refractivity (Wildman–Crippen MR) is 189 cm³/mol. The normalized spacial score (nSPS) is 18.1. The fourth-order valence-electron chi connectivity index (χ4n) is 6.38. The van der Waals surface area contributed by atoms with Crippen molar-refractivity contribution in [3.05, 3.63) is 102 Å². The molecule has 0 saturated heterocycles. The van der Waals surface area contributed by atoms with Crippen molar-refractivity contribution in [2.24, 2.45) is 0 Å². The summed E-state index contributed by atoms with van der Waals surface area (Å²) in [5.74, 6) is -0.710. The Balaban J connectivity index is 1.38. The third-order valence-corrected chi connectivity index (χ3v) is 9.25. The van der Waals surface area contributed by atoms with Crippen LogP contribution in [0.4, 0.5) is 8.78 Å². The molecule has 3 aromatic rings. The molecule has 242 valence electrons. The smallest absolute Gasteiger partial charge is 0.184 e. The van der Waals surface area contributed by atoms with Crippen LogP contribution in [0.3, 0.4) is 0 Å². The molecule has 2 unspecified atom stereocenters. The number of alkyl halides is 1. The molecule has 0 spiro atoms. The van der Waals surface area contributed by atoms with Gasteiger partial charge in [-0.15, -0.1) is 0 Å². The quantitative estimate of drug-likeness (QED) is 0.115. The van der Waals surface area contributed by atoms with E-state index in [4.69, 9.17) is 4.74 Å². The first-order valence-corrected chi connectivity index (χ1v) is 17.7. The second-order valence-corrected chi connectivity index (χ2v) is 12.8. The Bertz CT molecular complexity index is 1310. The third kappa shape index (κ3) is 10.2. The summed E-state index contributed by atoms with van der Waals surface area (Å²) in [5.41, 5.74) is 4.26. The summed E-state index contributed by atoms with van der Waals surface area (Å²) in [5, 5.41) is 0. The van der Waals surface area contributed by atoms with Crippen molar-refractivity contribution in [1.29, 1.82) is 0 Å². The number of allylic oxidation sites excluding steroid dienone is 2. The molecule has 1 aliphatic carbocycles. The van der Waals surface area contributed by atoms with Crippen molar-refractivity contribution < 1.29 is 13.5 Å². The van der Waals surface area contributed by atoms with Crippen LogP contribution in [0.1, 0.15) is 116 Å². The minimum Gasteiger partial charge on any atom is -0.367 e. The Morgan fingerprint density at radius 1 is 0.556 bits per heavy atom. The van der Waals surface area contributed by atoms with Gasteiger partial charge in [-0.05, 0) is 46.7 Å². The fraction of sp³-hybridized carbons (Fsp3) is 0.476. The van der Waals surface area contributed by atoms with Crippen LogP contribution < -0.4 is 0 Å². The summed E-state index contributed by atoms with van der Waals surface area (Å²) in [4.78, 5) is 0. The van der Waals surface area contributed by atoms with Crippen molar-refractivity contribution in [1.82, 2.24) is 0 Å². The number of benzene rings is 3. The summed E-state index contributed by atoms with van der Waals surface area (Å²) in [7, 11) is 0. The van der Waals surface area contributed by atoms with Gasteiger partial charge < -0.3 is 4.74 Å². The number of rotatable bonds is 20. The van der Waals surface area contributed by atoms with Crippen LogP contribution in [0.5, 0.6) is 0 Å². The molecular formula is C42H54F2O. The SMILES string of the molecule is CCCCCCCCCCCCC1(OCCCCCC)C=CC(c2ccc(-c3ccc(-c4ccccc4)cc3)cc2)=C(F)C1F. The summed E-state index contributed by atoms with van der Waals surface area (Å²) in [6, 6.07) is 26.5. The molecule has 2 atom stereocenters. The Hall–Kier alpha value is -3.04. The third-order valence-electron chi connectivity index (χ3n) is 9.25. The second kappa shape index (κ2) is 18.8. The molecule has 1 aliphatic rings. The zero-order valence-electron chi connectivity index (χ0n) is 27.7. The summed E-state index contributed by atoms with van der Waals surface area (Å²) in [6.07, 6.45) is 18.6. The highest BCUT2D eigenvalue weighted by Crippen LogP contribution is 2.41.